The van der Waals surface area contributed by atoms with Gasteiger partial charge < -0.3 is 9.88 Å². The normalized spacial score (nSPS) is 11.0. The molecular formula is C30H32ClN3OS. The van der Waals surface area contributed by atoms with Crippen molar-refractivity contribution in [1.82, 2.24) is 14.9 Å². The Bertz CT molecular complexity index is 1300. The molecule has 1 N–H and O–H groups in total. The maximum absolute atomic E-state index is 12.3. The molecule has 0 aliphatic rings. The van der Waals surface area contributed by atoms with Crippen LogP contribution >= 0.6 is 23.4 Å². The largest absolute Gasteiger partial charge is 0.352 e. The van der Waals surface area contributed by atoms with Gasteiger partial charge >= 0.3 is 0 Å². The van der Waals surface area contributed by atoms with Crippen molar-refractivity contribution >= 4 is 29.3 Å². The van der Waals surface area contributed by atoms with E-state index in [4.69, 9.17) is 16.6 Å². The fourth-order valence-corrected chi connectivity index (χ4v) is 5.24. The number of unbranched alkanes of at least 4 members (excludes halogenated alkanes) is 1. The summed E-state index contributed by atoms with van der Waals surface area (Å²) in [5.74, 6) is 0.875. The number of carbonyl (C=O) groups is 1. The van der Waals surface area contributed by atoms with E-state index in [1.54, 1.807) is 36.0 Å². The topological polar surface area (TPSA) is 46.9 Å². The molecule has 0 atom stereocenters. The Hall–Kier alpha value is -3.02. The van der Waals surface area contributed by atoms with Crippen molar-refractivity contribution in [1.29, 1.82) is 0 Å². The van der Waals surface area contributed by atoms with Gasteiger partial charge in [0.2, 0.25) is 0 Å². The molecule has 0 fully saturated rings. The first kappa shape index (κ1) is 26.1. The van der Waals surface area contributed by atoms with E-state index in [0.717, 1.165) is 41.6 Å². The number of nitrogens with one attached hydrogen (secondary N) is 1. The van der Waals surface area contributed by atoms with E-state index in [1.807, 2.05) is 0 Å². The zero-order valence-electron chi connectivity index (χ0n) is 21.1. The number of hydrogen-bond donors (Lipinski definition) is 1. The number of halogens is 1. The van der Waals surface area contributed by atoms with Gasteiger partial charge in [0.15, 0.2) is 5.16 Å². The molecule has 1 amide bonds. The standard InChI is InChI=1S/C30H32ClN3OS/c1-4-34-28(24-13-9-22(3)10-14-24)27(23-11-7-21(2)8-12-23)33-30(34)36-20-6-5-19-32-29(35)25-15-17-26(31)18-16-25/h7-18H,4-6,19-20H2,1-3H3,(H,32,35). The summed E-state index contributed by atoms with van der Waals surface area (Å²) < 4.78 is 2.33. The molecule has 1 heterocycles. The second-order valence-electron chi connectivity index (χ2n) is 8.89. The van der Waals surface area contributed by atoms with Gasteiger partial charge in [0.25, 0.3) is 5.91 Å². The molecule has 36 heavy (non-hydrogen) atoms. The fraction of sp³-hybridized carbons (Fsp3) is 0.267. The van der Waals surface area contributed by atoms with Crippen molar-refractivity contribution in [2.24, 2.45) is 0 Å². The number of amides is 1. The Labute approximate surface area is 223 Å². The molecule has 0 unspecified atom stereocenters. The zero-order valence-corrected chi connectivity index (χ0v) is 22.6. The summed E-state index contributed by atoms with van der Waals surface area (Å²) in [5.41, 5.74) is 7.63. The Morgan fingerprint density at radius 1 is 0.889 bits per heavy atom. The fourth-order valence-electron chi connectivity index (χ4n) is 4.05. The van der Waals surface area contributed by atoms with E-state index >= 15 is 0 Å². The number of hydrogen-bond acceptors (Lipinski definition) is 3. The van der Waals surface area contributed by atoms with E-state index in [-0.39, 0.29) is 5.91 Å². The van der Waals surface area contributed by atoms with Crippen molar-refractivity contribution in [3.63, 3.8) is 0 Å². The Morgan fingerprint density at radius 2 is 1.50 bits per heavy atom. The molecule has 4 aromatic rings. The predicted octanol–water partition coefficient (Wildman–Crippen LogP) is 7.81. The lowest BCUT2D eigenvalue weighted by Crippen LogP contribution is -2.24. The van der Waals surface area contributed by atoms with Crippen LogP contribution in [0.4, 0.5) is 0 Å². The lowest BCUT2D eigenvalue weighted by molar-refractivity contribution is 0.0953. The van der Waals surface area contributed by atoms with Crippen molar-refractivity contribution in [3.8, 4) is 22.5 Å². The lowest BCUT2D eigenvalue weighted by atomic mass is 10.0. The number of nitrogens with zero attached hydrogens (tertiary/aromatic N) is 2. The van der Waals surface area contributed by atoms with Gasteiger partial charge in [-0.3, -0.25) is 4.79 Å². The molecule has 4 nitrogen and oxygen atoms in total. The SMILES string of the molecule is CCn1c(SCCCCNC(=O)c2ccc(Cl)cc2)nc(-c2ccc(C)cc2)c1-c1ccc(C)cc1. The molecule has 3 aromatic carbocycles. The molecule has 6 heteroatoms. The number of benzene rings is 3. The van der Waals surface area contributed by atoms with E-state index in [1.165, 1.54) is 22.4 Å². The van der Waals surface area contributed by atoms with Crippen LogP contribution in [0.2, 0.25) is 5.02 Å². The van der Waals surface area contributed by atoms with E-state index < -0.39 is 0 Å². The van der Waals surface area contributed by atoms with Crippen LogP contribution in [0.3, 0.4) is 0 Å². The summed E-state index contributed by atoms with van der Waals surface area (Å²) in [6, 6.07) is 24.3. The number of aryl methyl sites for hydroxylation is 2. The summed E-state index contributed by atoms with van der Waals surface area (Å²) >= 11 is 7.69. The second kappa shape index (κ2) is 12.3. The minimum absolute atomic E-state index is 0.0636. The highest BCUT2D eigenvalue weighted by molar-refractivity contribution is 7.99. The van der Waals surface area contributed by atoms with Crippen LogP contribution in [0.15, 0.2) is 78.0 Å². The summed E-state index contributed by atoms with van der Waals surface area (Å²) in [7, 11) is 0. The molecule has 0 radical (unpaired) electrons. The van der Waals surface area contributed by atoms with Crippen molar-refractivity contribution in [2.45, 2.75) is 45.3 Å². The summed E-state index contributed by atoms with van der Waals surface area (Å²) in [4.78, 5) is 17.4. The lowest BCUT2D eigenvalue weighted by Gasteiger charge is -2.11. The quantitative estimate of drug-likeness (QED) is 0.172. The van der Waals surface area contributed by atoms with Crippen LogP contribution < -0.4 is 5.32 Å². The molecular weight excluding hydrogens is 486 g/mol. The average Bonchev–Trinajstić information content (AvgIpc) is 3.25. The maximum Gasteiger partial charge on any atom is 0.251 e. The average molecular weight is 518 g/mol. The minimum Gasteiger partial charge on any atom is -0.352 e. The first-order chi connectivity index (χ1) is 17.5. The highest BCUT2D eigenvalue weighted by Crippen LogP contribution is 2.36. The zero-order chi connectivity index (χ0) is 25.5. The highest BCUT2D eigenvalue weighted by Gasteiger charge is 2.19. The maximum atomic E-state index is 12.3. The second-order valence-corrected chi connectivity index (χ2v) is 10.4. The molecule has 0 saturated heterocycles. The van der Waals surface area contributed by atoms with Gasteiger partial charge in [-0.1, -0.05) is 83.0 Å². The van der Waals surface area contributed by atoms with E-state index in [9.17, 15) is 4.79 Å². The van der Waals surface area contributed by atoms with Crippen LogP contribution in [-0.4, -0.2) is 27.8 Å². The monoisotopic (exact) mass is 517 g/mol. The third kappa shape index (κ3) is 6.40. The van der Waals surface area contributed by atoms with Crippen LogP contribution in [0, 0.1) is 13.8 Å². The first-order valence-corrected chi connectivity index (χ1v) is 13.7. The van der Waals surface area contributed by atoms with Crippen molar-refractivity contribution < 1.29 is 4.79 Å². The van der Waals surface area contributed by atoms with E-state index in [2.05, 4.69) is 79.2 Å². The number of thioether (sulfide) groups is 1. The van der Waals surface area contributed by atoms with Gasteiger partial charge in [-0.2, -0.15) is 0 Å². The van der Waals surface area contributed by atoms with E-state index in [0.29, 0.717) is 17.1 Å². The predicted molar refractivity (Wildman–Crippen MR) is 152 cm³/mol. The van der Waals surface area contributed by atoms with Crippen molar-refractivity contribution in [3.05, 3.63) is 94.5 Å². The number of imidazole rings is 1. The van der Waals surface area contributed by atoms with Gasteiger partial charge in [0.05, 0.1) is 11.4 Å². The van der Waals surface area contributed by atoms with Gasteiger partial charge in [0.1, 0.15) is 0 Å². The smallest absolute Gasteiger partial charge is 0.251 e. The van der Waals surface area contributed by atoms with Gasteiger partial charge in [-0.05, 0) is 57.9 Å². The molecule has 0 spiro atoms. The molecule has 0 bridgehead atoms. The molecule has 0 aliphatic carbocycles. The van der Waals surface area contributed by atoms with Crippen LogP contribution in [0.5, 0.6) is 0 Å². The van der Waals surface area contributed by atoms with Crippen LogP contribution in [0.1, 0.15) is 41.3 Å². The number of carbonyl (C=O) groups excluding carboxylic acids is 1. The number of rotatable bonds is 10. The molecule has 186 valence electrons. The summed E-state index contributed by atoms with van der Waals surface area (Å²) in [5, 5.41) is 4.66. The molecule has 0 saturated carbocycles. The Balaban J connectivity index is 1.43. The molecule has 4 rings (SSSR count). The Kier molecular flexibility index (Phi) is 8.89. The highest BCUT2D eigenvalue weighted by atomic mass is 35.5. The van der Waals surface area contributed by atoms with Gasteiger partial charge in [-0.25, -0.2) is 4.98 Å². The van der Waals surface area contributed by atoms with Gasteiger partial charge in [0, 0.05) is 40.6 Å². The first-order valence-electron chi connectivity index (χ1n) is 12.4. The third-order valence-electron chi connectivity index (χ3n) is 6.09. The van der Waals surface area contributed by atoms with Crippen molar-refractivity contribution in [2.75, 3.05) is 12.3 Å². The van der Waals surface area contributed by atoms with Crippen LogP contribution in [0.25, 0.3) is 22.5 Å². The Morgan fingerprint density at radius 3 is 2.11 bits per heavy atom. The number of aromatic nitrogens is 2. The third-order valence-corrected chi connectivity index (χ3v) is 7.41. The molecule has 0 aliphatic heterocycles. The van der Waals surface area contributed by atoms with Crippen LogP contribution in [-0.2, 0) is 6.54 Å². The van der Waals surface area contributed by atoms with Gasteiger partial charge in [-0.15, -0.1) is 0 Å². The summed E-state index contributed by atoms with van der Waals surface area (Å²) in [6.45, 7) is 7.89. The minimum atomic E-state index is -0.0636. The molecule has 1 aromatic heterocycles. The summed E-state index contributed by atoms with van der Waals surface area (Å²) in [6.07, 6.45) is 1.90.